The van der Waals surface area contributed by atoms with Crippen LogP contribution in [0.4, 0.5) is 0 Å². The van der Waals surface area contributed by atoms with Gasteiger partial charge in [0.15, 0.2) is 0 Å². The van der Waals surface area contributed by atoms with Gasteiger partial charge in [-0.25, -0.2) is 0 Å². The molecule has 0 aromatic rings. The van der Waals surface area contributed by atoms with Crippen LogP contribution in [0.5, 0.6) is 0 Å². The monoisotopic (exact) mass is 347 g/mol. The first-order valence-electron chi connectivity index (χ1n) is 11.2. The van der Waals surface area contributed by atoms with Crippen molar-refractivity contribution in [2.75, 3.05) is 13.1 Å². The molecule has 3 atom stereocenters. The second-order valence-electron chi connectivity index (χ2n) is 12.3. The van der Waals surface area contributed by atoms with Gasteiger partial charge >= 0.3 is 0 Å². The quantitative estimate of drug-likeness (QED) is 0.512. The van der Waals surface area contributed by atoms with Gasteiger partial charge in [-0.05, 0) is 99.8 Å². The maximum Gasteiger partial charge on any atom is 0.0156 e. The van der Waals surface area contributed by atoms with Crippen LogP contribution in [0.1, 0.15) is 99.8 Å². The molecular weight excluding hydrogens is 302 g/mol. The number of nitrogens with zero attached hydrogens (tertiary/aromatic N) is 1. The molecule has 0 spiro atoms. The third-order valence-electron chi connectivity index (χ3n) is 8.19. The summed E-state index contributed by atoms with van der Waals surface area (Å²) in [5.74, 6) is 3.88. The zero-order valence-electron chi connectivity index (χ0n) is 18.3. The summed E-state index contributed by atoms with van der Waals surface area (Å²) >= 11 is 0. The molecule has 3 fully saturated rings. The number of hydrogen-bond donors (Lipinski definition) is 0. The topological polar surface area (TPSA) is 3.24 Å². The van der Waals surface area contributed by atoms with Crippen molar-refractivity contribution in [3.8, 4) is 0 Å². The van der Waals surface area contributed by atoms with Crippen LogP contribution in [0, 0.1) is 34.5 Å². The van der Waals surface area contributed by atoms with E-state index < -0.39 is 0 Å². The van der Waals surface area contributed by atoms with Gasteiger partial charge in [-0.1, -0.05) is 41.0 Å². The molecule has 1 heteroatoms. The Bertz CT molecular complexity index is 451. The van der Waals surface area contributed by atoms with E-state index in [1.807, 2.05) is 0 Å². The summed E-state index contributed by atoms with van der Waals surface area (Å²) < 4.78 is 0. The molecule has 3 unspecified atom stereocenters. The first-order chi connectivity index (χ1) is 11.5. The Morgan fingerprint density at radius 2 is 1.36 bits per heavy atom. The van der Waals surface area contributed by atoms with Crippen LogP contribution in [0.2, 0.25) is 0 Å². The average molecular weight is 348 g/mol. The van der Waals surface area contributed by atoms with Crippen molar-refractivity contribution in [2.24, 2.45) is 34.5 Å². The molecule has 1 heterocycles. The van der Waals surface area contributed by atoms with Crippen LogP contribution >= 0.6 is 0 Å². The van der Waals surface area contributed by atoms with E-state index in [0.29, 0.717) is 16.4 Å². The summed E-state index contributed by atoms with van der Waals surface area (Å²) in [6.07, 6.45) is 11.7. The normalized spacial score (nSPS) is 32.5. The minimum absolute atomic E-state index is 0.399. The summed E-state index contributed by atoms with van der Waals surface area (Å²) in [7, 11) is 0. The Labute approximate surface area is 158 Å². The highest BCUT2D eigenvalue weighted by molar-refractivity contribution is 4.95. The average Bonchev–Trinajstić information content (AvgIpc) is 3.06. The summed E-state index contributed by atoms with van der Waals surface area (Å²) in [5, 5.41) is 0. The van der Waals surface area contributed by atoms with Crippen molar-refractivity contribution >= 4 is 0 Å². The molecule has 2 aliphatic carbocycles. The van der Waals surface area contributed by atoms with E-state index in [4.69, 9.17) is 0 Å². The molecule has 0 amide bonds. The lowest BCUT2D eigenvalue weighted by Gasteiger charge is -2.38. The molecule has 0 radical (unpaired) electrons. The van der Waals surface area contributed by atoms with Gasteiger partial charge in [-0.2, -0.15) is 0 Å². The lowest BCUT2D eigenvalue weighted by Crippen LogP contribution is -2.43. The van der Waals surface area contributed by atoms with E-state index in [1.165, 1.54) is 64.5 Å². The Morgan fingerprint density at radius 1 is 0.720 bits per heavy atom. The molecule has 3 aliphatic rings. The number of hydrogen-bond acceptors (Lipinski definition) is 1. The van der Waals surface area contributed by atoms with Crippen molar-refractivity contribution in [1.29, 1.82) is 0 Å². The van der Waals surface area contributed by atoms with Gasteiger partial charge < -0.3 is 0 Å². The van der Waals surface area contributed by atoms with Crippen molar-refractivity contribution in [1.82, 2.24) is 4.90 Å². The second kappa shape index (κ2) is 6.84. The first-order valence-corrected chi connectivity index (χ1v) is 11.2. The van der Waals surface area contributed by atoms with Gasteiger partial charge in [-0.15, -0.1) is 0 Å². The van der Waals surface area contributed by atoms with Gasteiger partial charge in [0.25, 0.3) is 0 Å². The molecule has 3 rings (SSSR count). The zero-order chi connectivity index (χ0) is 18.5. The fraction of sp³-hybridized carbons (Fsp3) is 1.00. The van der Waals surface area contributed by atoms with E-state index in [0.717, 1.165) is 23.7 Å². The highest BCUT2D eigenvalue weighted by Crippen LogP contribution is 2.50. The maximum atomic E-state index is 2.85. The maximum absolute atomic E-state index is 2.85. The number of rotatable bonds is 6. The molecule has 146 valence electrons. The van der Waals surface area contributed by atoms with E-state index in [9.17, 15) is 0 Å². The van der Waals surface area contributed by atoms with Crippen molar-refractivity contribution in [3.05, 3.63) is 0 Å². The molecule has 0 N–H and O–H groups in total. The van der Waals surface area contributed by atoms with E-state index >= 15 is 0 Å². The van der Waals surface area contributed by atoms with Gasteiger partial charge in [0, 0.05) is 12.1 Å². The van der Waals surface area contributed by atoms with Gasteiger partial charge in [0.1, 0.15) is 0 Å². The Morgan fingerprint density at radius 3 is 1.92 bits per heavy atom. The molecule has 0 aromatic carbocycles. The van der Waals surface area contributed by atoms with E-state index in [2.05, 4.69) is 53.4 Å². The molecular formula is C24H45N. The minimum Gasteiger partial charge on any atom is -0.298 e. The zero-order valence-corrected chi connectivity index (χ0v) is 18.3. The van der Waals surface area contributed by atoms with Crippen molar-refractivity contribution in [3.63, 3.8) is 0 Å². The highest BCUT2D eigenvalue weighted by atomic mass is 15.2. The van der Waals surface area contributed by atoms with Crippen LogP contribution in [0.15, 0.2) is 0 Å². The Kier molecular flexibility index (Phi) is 5.40. The summed E-state index contributed by atoms with van der Waals surface area (Å²) in [5.41, 5.74) is 1.50. The van der Waals surface area contributed by atoms with Crippen molar-refractivity contribution in [2.45, 2.75) is 105 Å². The van der Waals surface area contributed by atoms with Gasteiger partial charge in [0.2, 0.25) is 0 Å². The lowest BCUT2D eigenvalue weighted by atomic mass is 9.78. The SMILES string of the molecule is CC(C)(C)C1CCC(CC(C)(C)N2CCC(CC(C)(C)C3CC3)C2)C1. The van der Waals surface area contributed by atoms with Gasteiger partial charge in [-0.3, -0.25) is 4.90 Å². The third kappa shape index (κ3) is 4.82. The molecule has 25 heavy (non-hydrogen) atoms. The Hall–Kier alpha value is -0.0400. The fourth-order valence-corrected chi connectivity index (χ4v) is 6.21. The van der Waals surface area contributed by atoms with Gasteiger partial charge in [0.05, 0.1) is 0 Å². The second-order valence-corrected chi connectivity index (χ2v) is 12.3. The minimum atomic E-state index is 0.399. The van der Waals surface area contributed by atoms with Crippen LogP contribution < -0.4 is 0 Å². The fourth-order valence-electron chi connectivity index (χ4n) is 6.21. The Balaban J connectivity index is 1.49. The summed E-state index contributed by atoms with van der Waals surface area (Å²) in [6, 6.07) is 0. The predicted molar refractivity (Wildman–Crippen MR) is 110 cm³/mol. The van der Waals surface area contributed by atoms with Crippen LogP contribution in [-0.2, 0) is 0 Å². The standard InChI is InChI=1S/C24H45N/c1-22(2,3)21-9-8-18(14-21)16-24(6,7)25-13-12-19(17-25)15-23(4,5)20-10-11-20/h18-21H,8-17H2,1-7H3. The molecule has 0 bridgehead atoms. The first kappa shape index (κ1) is 19.7. The summed E-state index contributed by atoms with van der Waals surface area (Å²) in [4.78, 5) is 2.85. The van der Waals surface area contributed by atoms with Crippen LogP contribution in [0.3, 0.4) is 0 Å². The third-order valence-corrected chi connectivity index (χ3v) is 8.19. The summed E-state index contributed by atoms with van der Waals surface area (Å²) in [6.45, 7) is 20.2. The predicted octanol–water partition coefficient (Wildman–Crippen LogP) is 6.77. The lowest BCUT2D eigenvalue weighted by molar-refractivity contribution is 0.109. The smallest absolute Gasteiger partial charge is 0.0156 e. The largest absolute Gasteiger partial charge is 0.298 e. The van der Waals surface area contributed by atoms with Crippen LogP contribution in [-0.4, -0.2) is 23.5 Å². The molecule has 2 saturated carbocycles. The van der Waals surface area contributed by atoms with Crippen molar-refractivity contribution < 1.29 is 0 Å². The van der Waals surface area contributed by atoms with E-state index in [-0.39, 0.29) is 0 Å². The molecule has 1 aliphatic heterocycles. The number of likely N-dealkylation sites (tertiary alicyclic amines) is 1. The van der Waals surface area contributed by atoms with E-state index in [1.54, 1.807) is 0 Å². The molecule has 1 saturated heterocycles. The molecule has 1 nitrogen and oxygen atoms in total. The molecule has 0 aromatic heterocycles. The van der Waals surface area contributed by atoms with Crippen LogP contribution in [0.25, 0.3) is 0 Å². The highest BCUT2D eigenvalue weighted by Gasteiger charge is 2.43.